The standard InChI is InChI=1S/C17H17N5O2/c1-3-7-23-11-5-6-12(14(9-11)24-8-4-2)15-13(10-18)16(19)22-17(20)21-15/h3-6,9H,1-2,7-8H2,(H4,19,20,21,22). The van der Waals surface area contributed by atoms with Crippen LogP contribution in [0, 0.1) is 11.3 Å². The second-order valence-electron chi connectivity index (χ2n) is 4.66. The zero-order valence-electron chi connectivity index (χ0n) is 13.0. The molecule has 4 N–H and O–H groups in total. The Hall–Kier alpha value is -3.53. The van der Waals surface area contributed by atoms with Crippen LogP contribution in [-0.2, 0) is 0 Å². The lowest BCUT2D eigenvalue weighted by molar-refractivity contribution is 0.346. The van der Waals surface area contributed by atoms with Crippen molar-refractivity contribution in [1.82, 2.24) is 9.97 Å². The highest BCUT2D eigenvalue weighted by Gasteiger charge is 2.17. The number of hydrogen-bond acceptors (Lipinski definition) is 7. The van der Waals surface area contributed by atoms with Crippen molar-refractivity contribution >= 4 is 11.8 Å². The van der Waals surface area contributed by atoms with Gasteiger partial charge in [0.2, 0.25) is 5.95 Å². The summed E-state index contributed by atoms with van der Waals surface area (Å²) >= 11 is 0. The summed E-state index contributed by atoms with van der Waals surface area (Å²) in [6.07, 6.45) is 3.24. The molecule has 122 valence electrons. The lowest BCUT2D eigenvalue weighted by Gasteiger charge is -2.14. The van der Waals surface area contributed by atoms with Gasteiger partial charge in [-0.2, -0.15) is 10.2 Å². The molecule has 7 nitrogen and oxygen atoms in total. The molecule has 0 aliphatic carbocycles. The van der Waals surface area contributed by atoms with Crippen LogP contribution in [0.2, 0.25) is 0 Å². The van der Waals surface area contributed by atoms with E-state index in [0.29, 0.717) is 29.4 Å². The van der Waals surface area contributed by atoms with Crippen molar-refractivity contribution in [3.8, 4) is 28.8 Å². The molecular weight excluding hydrogens is 306 g/mol. The van der Waals surface area contributed by atoms with Gasteiger partial charge in [-0.15, -0.1) is 0 Å². The zero-order chi connectivity index (χ0) is 17.5. The molecule has 0 fully saturated rings. The minimum Gasteiger partial charge on any atom is -0.489 e. The Labute approximate surface area is 139 Å². The summed E-state index contributed by atoms with van der Waals surface area (Å²) < 4.78 is 11.2. The van der Waals surface area contributed by atoms with Crippen LogP contribution in [0.1, 0.15) is 5.56 Å². The molecule has 0 aliphatic heterocycles. The SMILES string of the molecule is C=CCOc1ccc(-c2nc(N)nc(N)c2C#N)c(OCC=C)c1. The maximum absolute atomic E-state index is 9.35. The zero-order valence-corrected chi connectivity index (χ0v) is 13.0. The maximum Gasteiger partial charge on any atom is 0.222 e. The molecule has 0 spiro atoms. The van der Waals surface area contributed by atoms with Crippen LogP contribution in [0.15, 0.2) is 43.5 Å². The molecule has 1 aromatic heterocycles. The molecule has 24 heavy (non-hydrogen) atoms. The van der Waals surface area contributed by atoms with Crippen molar-refractivity contribution in [2.24, 2.45) is 0 Å². The fraction of sp³-hybridized carbons (Fsp3) is 0.118. The number of nitriles is 1. The Morgan fingerprint density at radius 1 is 1.12 bits per heavy atom. The van der Waals surface area contributed by atoms with Gasteiger partial charge in [0.1, 0.15) is 42.2 Å². The molecule has 0 radical (unpaired) electrons. The predicted octanol–water partition coefficient (Wildman–Crippen LogP) is 2.31. The minimum absolute atomic E-state index is 0.0154. The average Bonchev–Trinajstić information content (AvgIpc) is 2.57. The molecule has 0 saturated heterocycles. The molecule has 2 rings (SSSR count). The number of anilines is 2. The van der Waals surface area contributed by atoms with Crippen LogP contribution in [0.5, 0.6) is 11.5 Å². The first kappa shape index (κ1) is 16.8. The highest BCUT2D eigenvalue weighted by Crippen LogP contribution is 2.35. The van der Waals surface area contributed by atoms with E-state index in [1.807, 2.05) is 6.07 Å². The largest absolute Gasteiger partial charge is 0.489 e. The summed E-state index contributed by atoms with van der Waals surface area (Å²) in [5, 5.41) is 9.35. The van der Waals surface area contributed by atoms with Gasteiger partial charge in [0, 0.05) is 11.6 Å². The van der Waals surface area contributed by atoms with Gasteiger partial charge in [-0.1, -0.05) is 25.3 Å². The van der Waals surface area contributed by atoms with E-state index in [1.54, 1.807) is 30.4 Å². The summed E-state index contributed by atoms with van der Waals surface area (Å²) in [7, 11) is 0. The summed E-state index contributed by atoms with van der Waals surface area (Å²) in [6, 6.07) is 7.14. The lowest BCUT2D eigenvalue weighted by Crippen LogP contribution is -2.06. The molecule has 7 heteroatoms. The fourth-order valence-corrected chi connectivity index (χ4v) is 2.01. The third-order valence-corrected chi connectivity index (χ3v) is 3.00. The van der Waals surface area contributed by atoms with Gasteiger partial charge in [0.25, 0.3) is 0 Å². The molecule has 1 heterocycles. The molecule has 0 aliphatic rings. The van der Waals surface area contributed by atoms with E-state index in [1.165, 1.54) is 0 Å². The molecule has 2 aromatic rings. The smallest absolute Gasteiger partial charge is 0.222 e. The van der Waals surface area contributed by atoms with Crippen LogP contribution in [0.4, 0.5) is 11.8 Å². The Morgan fingerprint density at radius 3 is 2.50 bits per heavy atom. The van der Waals surface area contributed by atoms with Gasteiger partial charge in [0.05, 0.1) is 5.69 Å². The van der Waals surface area contributed by atoms with E-state index in [0.717, 1.165) is 0 Å². The van der Waals surface area contributed by atoms with Crippen molar-refractivity contribution in [1.29, 1.82) is 5.26 Å². The molecule has 0 atom stereocenters. The van der Waals surface area contributed by atoms with Crippen LogP contribution in [-0.4, -0.2) is 23.2 Å². The number of aromatic nitrogens is 2. The monoisotopic (exact) mass is 323 g/mol. The summed E-state index contributed by atoms with van der Waals surface area (Å²) in [5.41, 5.74) is 12.4. The first-order valence-electron chi connectivity index (χ1n) is 7.05. The van der Waals surface area contributed by atoms with Gasteiger partial charge < -0.3 is 20.9 Å². The van der Waals surface area contributed by atoms with Gasteiger partial charge in [0.15, 0.2) is 0 Å². The Balaban J connectivity index is 2.58. The molecule has 0 unspecified atom stereocenters. The average molecular weight is 323 g/mol. The quantitative estimate of drug-likeness (QED) is 0.750. The van der Waals surface area contributed by atoms with Crippen molar-refractivity contribution < 1.29 is 9.47 Å². The molecule has 0 bridgehead atoms. The van der Waals surface area contributed by atoms with Gasteiger partial charge >= 0.3 is 0 Å². The molecule has 0 amide bonds. The normalized spacial score (nSPS) is 9.79. The topological polar surface area (TPSA) is 120 Å². The summed E-state index contributed by atoms with van der Waals surface area (Å²) in [4.78, 5) is 7.95. The number of benzene rings is 1. The maximum atomic E-state index is 9.35. The molecule has 1 aromatic carbocycles. The van der Waals surface area contributed by atoms with Gasteiger partial charge in [-0.05, 0) is 12.1 Å². The summed E-state index contributed by atoms with van der Waals surface area (Å²) in [6.45, 7) is 7.86. The number of nitrogens with two attached hydrogens (primary N) is 2. The van der Waals surface area contributed by atoms with Crippen LogP contribution < -0.4 is 20.9 Å². The van der Waals surface area contributed by atoms with Crippen LogP contribution in [0.3, 0.4) is 0 Å². The van der Waals surface area contributed by atoms with E-state index in [4.69, 9.17) is 20.9 Å². The van der Waals surface area contributed by atoms with Crippen molar-refractivity contribution in [2.45, 2.75) is 0 Å². The number of nitrogens with zero attached hydrogens (tertiary/aromatic N) is 3. The third kappa shape index (κ3) is 3.62. The van der Waals surface area contributed by atoms with Crippen LogP contribution >= 0.6 is 0 Å². The van der Waals surface area contributed by atoms with Crippen molar-refractivity contribution in [2.75, 3.05) is 24.7 Å². The first-order chi connectivity index (χ1) is 11.6. The minimum atomic E-state index is -0.0249. The second kappa shape index (κ2) is 7.65. The van der Waals surface area contributed by atoms with Crippen molar-refractivity contribution in [3.63, 3.8) is 0 Å². The van der Waals surface area contributed by atoms with Crippen LogP contribution in [0.25, 0.3) is 11.3 Å². The Morgan fingerprint density at radius 2 is 1.83 bits per heavy atom. The fourth-order valence-electron chi connectivity index (χ4n) is 2.01. The predicted molar refractivity (Wildman–Crippen MR) is 92.4 cm³/mol. The number of ether oxygens (including phenoxy) is 2. The highest BCUT2D eigenvalue weighted by atomic mass is 16.5. The number of nitrogen functional groups attached to an aromatic ring is 2. The van der Waals surface area contributed by atoms with E-state index in [9.17, 15) is 5.26 Å². The number of rotatable bonds is 7. The first-order valence-corrected chi connectivity index (χ1v) is 7.05. The highest BCUT2D eigenvalue weighted by molar-refractivity contribution is 5.77. The lowest BCUT2D eigenvalue weighted by atomic mass is 10.1. The van der Waals surface area contributed by atoms with Gasteiger partial charge in [-0.3, -0.25) is 0 Å². The number of hydrogen-bond donors (Lipinski definition) is 2. The summed E-state index contributed by atoms with van der Waals surface area (Å²) in [5.74, 6) is 1.04. The van der Waals surface area contributed by atoms with Gasteiger partial charge in [-0.25, -0.2) is 4.98 Å². The third-order valence-electron chi connectivity index (χ3n) is 3.00. The van der Waals surface area contributed by atoms with E-state index in [-0.39, 0.29) is 23.9 Å². The Kier molecular flexibility index (Phi) is 5.36. The van der Waals surface area contributed by atoms with Crippen molar-refractivity contribution in [3.05, 3.63) is 49.1 Å². The molecule has 0 saturated carbocycles. The van der Waals surface area contributed by atoms with E-state index >= 15 is 0 Å². The van der Waals surface area contributed by atoms with E-state index < -0.39 is 0 Å². The van der Waals surface area contributed by atoms with E-state index in [2.05, 4.69) is 23.1 Å². The molecular formula is C17H17N5O2. The second-order valence-corrected chi connectivity index (χ2v) is 4.66. The Bertz CT molecular complexity index is 811.